The SMILES string of the molecule is CCN1CC(CN(C)C(=O)C2NNC3CCCCC32)Oc2ccccc21. The van der Waals surface area contributed by atoms with Crippen molar-refractivity contribution < 1.29 is 9.53 Å². The van der Waals surface area contributed by atoms with Crippen LogP contribution in [0.15, 0.2) is 24.3 Å². The molecule has 3 aliphatic rings. The van der Waals surface area contributed by atoms with Crippen molar-refractivity contribution in [2.75, 3.05) is 31.6 Å². The van der Waals surface area contributed by atoms with Crippen molar-refractivity contribution in [3.05, 3.63) is 24.3 Å². The zero-order valence-corrected chi connectivity index (χ0v) is 15.8. The van der Waals surface area contributed by atoms with Crippen LogP contribution < -0.4 is 20.5 Å². The molecular formula is C20H30N4O2. The molecule has 26 heavy (non-hydrogen) atoms. The fourth-order valence-electron chi connectivity index (χ4n) is 4.69. The summed E-state index contributed by atoms with van der Waals surface area (Å²) in [5, 5.41) is 0. The van der Waals surface area contributed by atoms with Gasteiger partial charge in [-0.3, -0.25) is 10.2 Å². The molecule has 1 saturated heterocycles. The molecule has 4 atom stereocenters. The molecule has 1 saturated carbocycles. The van der Waals surface area contributed by atoms with Crippen LogP contribution in [0.3, 0.4) is 0 Å². The smallest absolute Gasteiger partial charge is 0.241 e. The van der Waals surface area contributed by atoms with Crippen molar-refractivity contribution in [1.82, 2.24) is 15.8 Å². The second kappa shape index (κ2) is 7.45. The first-order chi connectivity index (χ1) is 12.7. The van der Waals surface area contributed by atoms with Gasteiger partial charge in [-0.15, -0.1) is 0 Å². The summed E-state index contributed by atoms with van der Waals surface area (Å²) in [5.41, 5.74) is 7.75. The van der Waals surface area contributed by atoms with Gasteiger partial charge in [0.2, 0.25) is 5.91 Å². The van der Waals surface area contributed by atoms with Gasteiger partial charge in [0.05, 0.1) is 18.8 Å². The van der Waals surface area contributed by atoms with Crippen LogP contribution in [0.1, 0.15) is 32.6 Å². The van der Waals surface area contributed by atoms with Gasteiger partial charge in [0.25, 0.3) is 0 Å². The van der Waals surface area contributed by atoms with E-state index in [4.69, 9.17) is 4.74 Å². The van der Waals surface area contributed by atoms with E-state index in [0.717, 1.165) is 30.9 Å². The summed E-state index contributed by atoms with van der Waals surface area (Å²) in [7, 11) is 1.90. The van der Waals surface area contributed by atoms with Gasteiger partial charge >= 0.3 is 0 Å². The van der Waals surface area contributed by atoms with Gasteiger partial charge in [-0.05, 0) is 31.9 Å². The zero-order valence-electron chi connectivity index (χ0n) is 15.8. The monoisotopic (exact) mass is 358 g/mol. The summed E-state index contributed by atoms with van der Waals surface area (Å²) in [4.78, 5) is 17.2. The van der Waals surface area contributed by atoms with Gasteiger partial charge in [0, 0.05) is 25.6 Å². The van der Waals surface area contributed by atoms with Crippen molar-refractivity contribution in [3.8, 4) is 5.75 Å². The lowest BCUT2D eigenvalue weighted by molar-refractivity contribution is -0.134. The number of benzene rings is 1. The van der Waals surface area contributed by atoms with E-state index in [1.165, 1.54) is 19.3 Å². The highest BCUT2D eigenvalue weighted by Crippen LogP contribution is 2.33. The lowest BCUT2D eigenvalue weighted by Gasteiger charge is -2.37. The molecule has 2 N–H and O–H groups in total. The van der Waals surface area contributed by atoms with E-state index in [1.54, 1.807) is 0 Å². The number of para-hydroxylation sites is 2. The molecule has 1 amide bonds. The standard InChI is InChI=1S/C20H30N4O2/c1-3-24-13-14(26-18-11-7-6-10-17(18)24)12-23(2)20(25)19-15-8-4-5-9-16(15)21-22-19/h6-7,10-11,14-16,19,21-22H,3-5,8-9,12-13H2,1-2H3. The van der Waals surface area contributed by atoms with Crippen molar-refractivity contribution in [2.45, 2.75) is 50.8 Å². The number of fused-ring (bicyclic) bond motifs is 2. The molecule has 4 unspecified atom stereocenters. The van der Waals surface area contributed by atoms with E-state index in [-0.39, 0.29) is 18.1 Å². The topological polar surface area (TPSA) is 56.8 Å². The highest BCUT2D eigenvalue weighted by molar-refractivity contribution is 5.82. The number of carbonyl (C=O) groups is 1. The molecule has 0 bridgehead atoms. The maximum Gasteiger partial charge on any atom is 0.241 e. The molecule has 2 heterocycles. The van der Waals surface area contributed by atoms with Crippen molar-refractivity contribution in [1.29, 1.82) is 0 Å². The van der Waals surface area contributed by atoms with E-state index >= 15 is 0 Å². The number of rotatable bonds is 4. The molecule has 2 aliphatic heterocycles. The molecule has 6 heteroatoms. The van der Waals surface area contributed by atoms with Crippen molar-refractivity contribution >= 4 is 11.6 Å². The lowest BCUT2D eigenvalue weighted by Crippen LogP contribution is -2.51. The third-order valence-electron chi connectivity index (χ3n) is 6.10. The molecule has 0 aromatic heterocycles. The Morgan fingerprint density at radius 2 is 2.08 bits per heavy atom. The minimum Gasteiger partial charge on any atom is -0.485 e. The summed E-state index contributed by atoms with van der Waals surface area (Å²) in [6.07, 6.45) is 4.78. The van der Waals surface area contributed by atoms with Gasteiger partial charge in [-0.25, -0.2) is 5.43 Å². The number of hydrazine groups is 1. The maximum absolute atomic E-state index is 13.0. The minimum absolute atomic E-state index is 0.00434. The molecule has 0 radical (unpaired) electrons. The van der Waals surface area contributed by atoms with E-state index in [1.807, 2.05) is 30.1 Å². The quantitative estimate of drug-likeness (QED) is 0.859. The van der Waals surface area contributed by atoms with Gasteiger partial charge < -0.3 is 14.5 Å². The van der Waals surface area contributed by atoms with Crippen LogP contribution in [-0.2, 0) is 4.79 Å². The van der Waals surface area contributed by atoms with Gasteiger partial charge in [-0.2, -0.15) is 0 Å². The Bertz CT molecular complexity index is 652. The molecule has 1 aromatic carbocycles. The minimum atomic E-state index is -0.108. The second-order valence-electron chi connectivity index (χ2n) is 7.79. The zero-order chi connectivity index (χ0) is 18.1. The van der Waals surface area contributed by atoms with Crippen molar-refractivity contribution in [2.24, 2.45) is 5.92 Å². The molecule has 1 aromatic rings. The Morgan fingerprint density at radius 3 is 2.92 bits per heavy atom. The van der Waals surface area contributed by atoms with E-state index in [0.29, 0.717) is 18.5 Å². The van der Waals surface area contributed by atoms with Crippen LogP contribution >= 0.6 is 0 Å². The number of likely N-dealkylation sites (N-methyl/N-ethyl adjacent to an activating group) is 2. The molecule has 1 aliphatic carbocycles. The largest absolute Gasteiger partial charge is 0.485 e. The van der Waals surface area contributed by atoms with Crippen LogP contribution in [0.2, 0.25) is 0 Å². The van der Waals surface area contributed by atoms with E-state index < -0.39 is 0 Å². The number of hydrogen-bond acceptors (Lipinski definition) is 5. The summed E-state index contributed by atoms with van der Waals surface area (Å²) in [6.45, 7) is 4.52. The van der Waals surface area contributed by atoms with Gasteiger partial charge in [0.1, 0.15) is 17.9 Å². The third kappa shape index (κ3) is 3.28. The number of nitrogens with zero attached hydrogens (tertiary/aromatic N) is 2. The highest BCUT2D eigenvalue weighted by atomic mass is 16.5. The van der Waals surface area contributed by atoms with E-state index in [9.17, 15) is 4.79 Å². The first kappa shape index (κ1) is 17.6. The van der Waals surface area contributed by atoms with E-state index in [2.05, 4.69) is 28.7 Å². The normalized spacial score (nSPS) is 30.3. The Hall–Kier alpha value is -1.79. The van der Waals surface area contributed by atoms with Crippen LogP contribution in [0, 0.1) is 5.92 Å². The predicted octanol–water partition coefficient (Wildman–Crippen LogP) is 1.77. The Morgan fingerprint density at radius 1 is 1.27 bits per heavy atom. The lowest BCUT2D eigenvalue weighted by atomic mass is 9.81. The second-order valence-corrected chi connectivity index (χ2v) is 7.79. The number of ether oxygens (including phenoxy) is 1. The Kier molecular flexibility index (Phi) is 5.05. The maximum atomic E-state index is 13.0. The first-order valence-electron chi connectivity index (χ1n) is 9.94. The fraction of sp³-hybridized carbons (Fsp3) is 0.650. The summed E-state index contributed by atoms with van der Waals surface area (Å²) >= 11 is 0. The molecule has 6 nitrogen and oxygen atoms in total. The molecule has 4 rings (SSSR count). The number of hydrogen-bond donors (Lipinski definition) is 2. The molecule has 0 spiro atoms. The average Bonchev–Trinajstić information content (AvgIpc) is 3.10. The van der Waals surface area contributed by atoms with Crippen LogP contribution in [-0.4, -0.2) is 55.7 Å². The number of nitrogens with one attached hydrogen (secondary N) is 2. The Labute approximate surface area is 155 Å². The van der Waals surface area contributed by atoms with Crippen LogP contribution in [0.25, 0.3) is 0 Å². The number of carbonyl (C=O) groups excluding carboxylic acids is 1. The molecule has 142 valence electrons. The molecular weight excluding hydrogens is 328 g/mol. The third-order valence-corrected chi connectivity index (χ3v) is 6.10. The highest BCUT2D eigenvalue weighted by Gasteiger charge is 2.42. The number of anilines is 1. The summed E-state index contributed by atoms with van der Waals surface area (Å²) in [5.74, 6) is 1.51. The Balaban J connectivity index is 1.40. The summed E-state index contributed by atoms with van der Waals surface area (Å²) in [6, 6.07) is 8.49. The fourth-order valence-corrected chi connectivity index (χ4v) is 4.69. The van der Waals surface area contributed by atoms with Crippen LogP contribution in [0.5, 0.6) is 5.75 Å². The molecule has 2 fully saturated rings. The van der Waals surface area contributed by atoms with Crippen molar-refractivity contribution in [3.63, 3.8) is 0 Å². The number of amides is 1. The predicted molar refractivity (Wildman–Crippen MR) is 102 cm³/mol. The van der Waals surface area contributed by atoms with Gasteiger partial charge in [-0.1, -0.05) is 25.0 Å². The van der Waals surface area contributed by atoms with Crippen LogP contribution in [0.4, 0.5) is 5.69 Å². The summed E-state index contributed by atoms with van der Waals surface area (Å²) < 4.78 is 6.18. The van der Waals surface area contributed by atoms with Gasteiger partial charge in [0.15, 0.2) is 0 Å². The average molecular weight is 358 g/mol. The first-order valence-corrected chi connectivity index (χ1v) is 9.94.